The van der Waals surface area contributed by atoms with E-state index in [2.05, 4.69) is 6.07 Å². The number of aromatic carboxylic acids is 1. The van der Waals surface area contributed by atoms with Crippen molar-refractivity contribution in [2.75, 3.05) is 20.3 Å². The van der Waals surface area contributed by atoms with Crippen molar-refractivity contribution in [3.05, 3.63) is 131 Å². The van der Waals surface area contributed by atoms with E-state index < -0.39 is 17.9 Å². The molecular weight excluding hydrogens is 631 g/mol. The number of benzene rings is 4. The van der Waals surface area contributed by atoms with Crippen LogP contribution in [-0.4, -0.2) is 67.9 Å². The van der Waals surface area contributed by atoms with Gasteiger partial charge in [-0.3, -0.25) is 0 Å². The maximum absolute atomic E-state index is 12.3. The topological polar surface area (TPSA) is 135 Å². The van der Waals surface area contributed by atoms with Crippen molar-refractivity contribution < 1.29 is 66.5 Å². The first-order valence-electron chi connectivity index (χ1n) is 14.0. The van der Waals surface area contributed by atoms with Crippen molar-refractivity contribution in [1.29, 1.82) is 0 Å². The van der Waals surface area contributed by atoms with E-state index in [1.165, 1.54) is 19.2 Å². The summed E-state index contributed by atoms with van der Waals surface area (Å²) in [4.78, 5) is 44.7. The van der Waals surface area contributed by atoms with E-state index in [-0.39, 0.29) is 42.4 Å². The van der Waals surface area contributed by atoms with Crippen LogP contribution >= 0.6 is 0 Å². The van der Waals surface area contributed by atoms with Crippen LogP contribution in [0.4, 0.5) is 0 Å². The normalized spacial score (nSPS) is 17.3. The molecule has 4 aromatic carbocycles. The average Bonchev–Trinajstić information content (AvgIpc) is 3.72. The Morgan fingerprint density at radius 2 is 1.41 bits per heavy atom. The smallest absolute Gasteiger partial charge is 0.343 e. The molecule has 46 heavy (non-hydrogen) atoms. The van der Waals surface area contributed by atoms with E-state index in [0.29, 0.717) is 41.4 Å². The van der Waals surface area contributed by atoms with Crippen molar-refractivity contribution in [1.82, 2.24) is 0 Å². The Labute approximate surface area is 278 Å². The summed E-state index contributed by atoms with van der Waals surface area (Å²) in [5, 5.41) is 8.51. The van der Waals surface area contributed by atoms with Crippen molar-refractivity contribution in [3.63, 3.8) is 0 Å². The van der Waals surface area contributed by atoms with E-state index in [4.69, 9.17) is 28.8 Å². The molecule has 6 rings (SSSR count). The third-order valence-corrected chi connectivity index (χ3v) is 6.71. The Kier molecular flexibility index (Phi) is 14.2. The average molecular weight is 663 g/mol. The molecular formula is C35H31O10V-. The van der Waals surface area contributed by atoms with Crippen LogP contribution in [0.1, 0.15) is 47.9 Å². The Morgan fingerprint density at radius 3 is 2.00 bits per heavy atom. The monoisotopic (exact) mass is 662 g/mol. The number of esters is 2. The molecule has 0 amide bonds. The van der Waals surface area contributed by atoms with Crippen molar-refractivity contribution in [2.24, 2.45) is 0 Å². The predicted octanol–water partition coefficient (Wildman–Crippen LogP) is 5.31. The zero-order chi connectivity index (χ0) is 32.0. The molecule has 1 N–H and O–H groups in total. The number of fused-ring (bicyclic) bond motifs is 1. The number of carbonyl (C=O) groups is 4. The first-order chi connectivity index (χ1) is 21.9. The van der Waals surface area contributed by atoms with Crippen LogP contribution in [0.2, 0.25) is 0 Å². The van der Waals surface area contributed by atoms with E-state index in [0.717, 1.165) is 12.7 Å². The van der Waals surface area contributed by atoms with Gasteiger partial charge in [-0.05, 0) is 67.1 Å². The molecule has 1 radical (unpaired) electrons. The molecule has 2 aliphatic rings. The summed E-state index contributed by atoms with van der Waals surface area (Å²) >= 11 is 0. The van der Waals surface area contributed by atoms with Crippen molar-refractivity contribution in [3.8, 4) is 11.5 Å². The van der Waals surface area contributed by atoms with Crippen LogP contribution in [0, 0.1) is 6.07 Å². The summed E-state index contributed by atoms with van der Waals surface area (Å²) in [7, 11) is 1.54. The predicted molar refractivity (Wildman–Crippen MR) is 162 cm³/mol. The third kappa shape index (κ3) is 10.4. The number of methoxy groups -OCH3 is 1. The third-order valence-electron chi connectivity index (χ3n) is 6.71. The second kappa shape index (κ2) is 18.3. The van der Waals surface area contributed by atoms with Crippen LogP contribution < -0.4 is 9.47 Å². The molecule has 0 aliphatic carbocycles. The number of carboxylic acid groups (broad SMARTS) is 1. The number of ether oxygens (including phenoxy) is 5. The number of carboxylic acids is 1. The Bertz CT molecular complexity index is 1540. The fraction of sp³-hybridized carbons (Fsp3) is 0.200. The molecule has 2 fully saturated rings. The number of rotatable bonds is 7. The van der Waals surface area contributed by atoms with Gasteiger partial charge in [0.25, 0.3) is 0 Å². The second-order valence-corrected chi connectivity index (χ2v) is 9.70. The fourth-order valence-electron chi connectivity index (χ4n) is 4.35. The summed E-state index contributed by atoms with van der Waals surface area (Å²) < 4.78 is 26.8. The summed E-state index contributed by atoms with van der Waals surface area (Å²) in [6, 6.07) is 30.9. The van der Waals surface area contributed by atoms with E-state index >= 15 is 0 Å². The summed E-state index contributed by atoms with van der Waals surface area (Å²) in [5.74, 6) is -0.800. The van der Waals surface area contributed by atoms with Gasteiger partial charge in [0.1, 0.15) is 23.9 Å². The molecule has 11 heteroatoms. The number of aldehydes is 1. The minimum Gasteiger partial charge on any atom is -0.497 e. The zero-order valence-corrected chi connectivity index (χ0v) is 26.2. The number of hydrogen-bond donors (Lipinski definition) is 1. The van der Waals surface area contributed by atoms with Gasteiger partial charge < -0.3 is 33.6 Å². The van der Waals surface area contributed by atoms with Gasteiger partial charge in [-0.2, -0.15) is 30.3 Å². The van der Waals surface area contributed by atoms with Crippen molar-refractivity contribution >= 4 is 24.2 Å². The van der Waals surface area contributed by atoms with Crippen molar-refractivity contribution in [2.45, 2.75) is 24.7 Å². The molecule has 4 aromatic rings. The molecule has 237 valence electrons. The van der Waals surface area contributed by atoms with Gasteiger partial charge in [-0.15, -0.1) is 0 Å². The van der Waals surface area contributed by atoms with E-state index in [9.17, 15) is 19.2 Å². The fourth-order valence-corrected chi connectivity index (χ4v) is 4.35. The quantitative estimate of drug-likeness (QED) is 0.120. The SMILES string of the molecule is COc1ccc(C(=O)O)cc1.O=C(Oc1ccc(C(=O)OC2CO[C@@H]3CCOC23)cc1)c1ccccc1.O=Cc1cc[c-]cc1.[V]. The molecule has 0 spiro atoms. The second-order valence-electron chi connectivity index (χ2n) is 9.70. The maximum Gasteiger partial charge on any atom is 0.343 e. The molecule has 0 aromatic heterocycles. The number of carbonyl (C=O) groups excluding carboxylic acids is 3. The van der Waals surface area contributed by atoms with Gasteiger partial charge in [0.05, 0.1) is 36.5 Å². The molecule has 2 aliphatic heterocycles. The Hall–Kier alpha value is -4.74. The van der Waals surface area contributed by atoms with E-state index in [1.807, 2.05) is 6.07 Å². The minimum absolute atomic E-state index is 0. The largest absolute Gasteiger partial charge is 0.497 e. The summed E-state index contributed by atoms with van der Waals surface area (Å²) in [6.07, 6.45) is 1.11. The summed E-state index contributed by atoms with van der Waals surface area (Å²) in [6.45, 7) is 0.985. The maximum atomic E-state index is 12.3. The molecule has 2 unspecified atom stereocenters. The van der Waals surface area contributed by atoms with Gasteiger partial charge in [0, 0.05) is 25.2 Å². The van der Waals surface area contributed by atoms with Gasteiger partial charge in [0.15, 0.2) is 6.10 Å². The van der Waals surface area contributed by atoms with Crippen LogP contribution in [-0.2, 0) is 32.8 Å². The molecule has 0 saturated carbocycles. The van der Waals surface area contributed by atoms with Gasteiger partial charge >= 0.3 is 17.9 Å². The van der Waals surface area contributed by atoms with Crippen LogP contribution in [0.25, 0.3) is 0 Å². The van der Waals surface area contributed by atoms with E-state index in [1.54, 1.807) is 84.9 Å². The first kappa shape index (κ1) is 35.7. The Morgan fingerprint density at radius 1 is 0.804 bits per heavy atom. The molecule has 2 heterocycles. The minimum atomic E-state index is -0.923. The van der Waals surface area contributed by atoms with Crippen LogP contribution in [0.5, 0.6) is 11.5 Å². The molecule has 2 saturated heterocycles. The van der Waals surface area contributed by atoms with Gasteiger partial charge in [-0.25, -0.2) is 14.4 Å². The first-order valence-corrected chi connectivity index (χ1v) is 14.0. The van der Waals surface area contributed by atoms with Crippen LogP contribution in [0.3, 0.4) is 0 Å². The zero-order valence-electron chi connectivity index (χ0n) is 24.8. The van der Waals surface area contributed by atoms with Gasteiger partial charge in [0.2, 0.25) is 0 Å². The molecule has 0 bridgehead atoms. The summed E-state index contributed by atoms with van der Waals surface area (Å²) in [5.41, 5.74) is 1.81. The van der Waals surface area contributed by atoms with Gasteiger partial charge in [-0.1, -0.05) is 23.8 Å². The standard InChI is InChI=1S/C20H18O6.C8H8O3.C7H5O.V/c21-19(13-4-2-1-3-5-13)25-15-8-6-14(7-9-15)20(22)26-17-12-24-16-10-11-23-18(16)17;1-11-7-4-2-6(3-5-7)8(9)10;8-6-7-4-2-1-3-5-7;/h1-9,16-18H,10-12H2;2-5H,1H3,(H,9,10);2-6H;/q;;-1;/t16-,17?,18?;;;/m1.../s1. The molecule has 10 nitrogen and oxygen atoms in total. The van der Waals surface area contributed by atoms with Crippen LogP contribution in [0.15, 0.2) is 103 Å². The number of hydrogen-bond acceptors (Lipinski definition) is 9. The Balaban J connectivity index is 0.000000237. The molecule has 3 atom stereocenters.